The Morgan fingerprint density at radius 1 is 1.09 bits per heavy atom. The summed E-state index contributed by atoms with van der Waals surface area (Å²) in [5.41, 5.74) is 0.501. The van der Waals surface area contributed by atoms with E-state index in [1.54, 1.807) is 24.3 Å². The molecule has 22 heavy (non-hydrogen) atoms. The molecule has 1 rings (SSSR count). The Bertz CT molecular complexity index is 561. The van der Waals surface area contributed by atoms with E-state index in [0.717, 1.165) is 0 Å². The predicted molar refractivity (Wildman–Crippen MR) is 80.1 cm³/mol. The molecule has 0 fully saturated rings. The summed E-state index contributed by atoms with van der Waals surface area (Å²) in [5.74, 6) is -0.535. The van der Waals surface area contributed by atoms with Gasteiger partial charge in [0.25, 0.3) is 5.91 Å². The molecule has 0 aromatic heterocycles. The van der Waals surface area contributed by atoms with Crippen LogP contribution in [0.2, 0.25) is 0 Å². The van der Waals surface area contributed by atoms with E-state index in [-0.39, 0.29) is 11.9 Å². The summed E-state index contributed by atoms with van der Waals surface area (Å²) >= 11 is 0. The molecule has 2 atom stereocenters. The van der Waals surface area contributed by atoms with Gasteiger partial charge in [0.05, 0.1) is 11.6 Å². The van der Waals surface area contributed by atoms with Crippen LogP contribution in [0.4, 0.5) is 0 Å². The number of carbonyl (C=O) groups is 2. The zero-order valence-electron chi connectivity index (χ0n) is 13.1. The van der Waals surface area contributed by atoms with Crippen LogP contribution in [-0.4, -0.2) is 30.1 Å². The third-order valence-corrected chi connectivity index (χ3v) is 2.72. The van der Waals surface area contributed by atoms with Gasteiger partial charge in [0, 0.05) is 6.04 Å². The average molecular weight is 304 g/mol. The smallest absolute Gasteiger partial charge is 0.347 e. The zero-order valence-corrected chi connectivity index (χ0v) is 13.1. The largest absolute Gasteiger partial charge is 0.479 e. The normalized spacial score (nSPS) is 12.9. The van der Waals surface area contributed by atoms with Gasteiger partial charge in [-0.2, -0.15) is 5.26 Å². The minimum absolute atomic E-state index is 0.0269. The number of hydrogen-bond acceptors (Lipinski definition) is 5. The molecule has 0 heterocycles. The first-order chi connectivity index (χ1) is 10.3. The fourth-order valence-corrected chi connectivity index (χ4v) is 1.59. The van der Waals surface area contributed by atoms with E-state index >= 15 is 0 Å². The number of amides is 1. The fraction of sp³-hybridized carbons (Fsp3) is 0.438. The SMILES string of the molecule is CC(C)NC(=O)[C@@H](C)OC(=O)[C@H](C)Oc1ccc(C#N)cc1. The standard InChI is InChI=1S/C16H20N2O4/c1-10(2)18-15(19)11(3)22-16(20)12(4)21-14-7-5-13(9-17)6-8-14/h5-8,10-12H,1-4H3,(H,18,19)/t11-,12+/m1/s1. The third kappa shape index (κ3) is 5.44. The summed E-state index contributed by atoms with van der Waals surface area (Å²) in [7, 11) is 0. The van der Waals surface area contributed by atoms with Gasteiger partial charge in [-0.15, -0.1) is 0 Å². The van der Waals surface area contributed by atoms with Crippen LogP contribution in [-0.2, 0) is 14.3 Å². The van der Waals surface area contributed by atoms with E-state index < -0.39 is 18.2 Å². The molecule has 0 unspecified atom stereocenters. The molecule has 118 valence electrons. The molecule has 0 bridgehead atoms. The van der Waals surface area contributed by atoms with E-state index in [1.165, 1.54) is 13.8 Å². The molecular formula is C16H20N2O4. The van der Waals surface area contributed by atoms with Crippen LogP contribution in [0, 0.1) is 11.3 Å². The van der Waals surface area contributed by atoms with E-state index in [9.17, 15) is 9.59 Å². The van der Waals surface area contributed by atoms with Gasteiger partial charge in [-0.25, -0.2) is 4.79 Å². The number of carbonyl (C=O) groups excluding carboxylic acids is 2. The molecule has 1 N–H and O–H groups in total. The minimum Gasteiger partial charge on any atom is -0.479 e. The van der Waals surface area contributed by atoms with Gasteiger partial charge < -0.3 is 14.8 Å². The highest BCUT2D eigenvalue weighted by Crippen LogP contribution is 2.14. The van der Waals surface area contributed by atoms with Crippen molar-refractivity contribution in [3.8, 4) is 11.8 Å². The number of rotatable bonds is 6. The average Bonchev–Trinajstić information content (AvgIpc) is 2.47. The maximum atomic E-state index is 11.9. The van der Waals surface area contributed by atoms with E-state index in [4.69, 9.17) is 14.7 Å². The monoisotopic (exact) mass is 304 g/mol. The van der Waals surface area contributed by atoms with E-state index in [0.29, 0.717) is 11.3 Å². The lowest BCUT2D eigenvalue weighted by Gasteiger charge is -2.18. The highest BCUT2D eigenvalue weighted by Gasteiger charge is 2.23. The summed E-state index contributed by atoms with van der Waals surface area (Å²) in [5, 5.41) is 11.4. The molecule has 0 aliphatic heterocycles. The van der Waals surface area contributed by atoms with Gasteiger partial charge in [-0.05, 0) is 52.0 Å². The van der Waals surface area contributed by atoms with E-state index in [1.807, 2.05) is 19.9 Å². The Morgan fingerprint density at radius 3 is 2.18 bits per heavy atom. The molecule has 6 nitrogen and oxygen atoms in total. The second-order valence-electron chi connectivity index (χ2n) is 5.14. The molecule has 1 aromatic carbocycles. The second kappa shape index (κ2) is 8.03. The maximum absolute atomic E-state index is 11.9. The van der Waals surface area contributed by atoms with Crippen LogP contribution in [0.5, 0.6) is 5.75 Å². The Kier molecular flexibility index (Phi) is 6.39. The number of esters is 1. The molecule has 1 aromatic rings. The maximum Gasteiger partial charge on any atom is 0.347 e. The van der Waals surface area contributed by atoms with Crippen LogP contribution in [0.25, 0.3) is 0 Å². The number of nitrogens with one attached hydrogen (secondary N) is 1. The number of hydrogen-bond donors (Lipinski definition) is 1. The first-order valence-electron chi connectivity index (χ1n) is 7.01. The fourth-order valence-electron chi connectivity index (χ4n) is 1.59. The summed E-state index contributed by atoms with van der Waals surface area (Å²) in [6.45, 7) is 6.68. The Balaban J connectivity index is 2.54. The summed E-state index contributed by atoms with van der Waals surface area (Å²) < 4.78 is 10.5. The van der Waals surface area contributed by atoms with Crippen molar-refractivity contribution >= 4 is 11.9 Å². The molecular weight excluding hydrogens is 284 g/mol. The highest BCUT2D eigenvalue weighted by molar-refractivity contribution is 5.84. The molecule has 0 aliphatic carbocycles. The van der Waals surface area contributed by atoms with Gasteiger partial charge in [-0.1, -0.05) is 0 Å². The molecule has 0 saturated heterocycles. The Morgan fingerprint density at radius 2 is 1.68 bits per heavy atom. The molecule has 0 saturated carbocycles. The van der Waals surface area contributed by atoms with Crippen molar-refractivity contribution < 1.29 is 19.1 Å². The van der Waals surface area contributed by atoms with Crippen LogP contribution < -0.4 is 10.1 Å². The summed E-state index contributed by atoms with van der Waals surface area (Å²) in [6, 6.07) is 8.33. The zero-order chi connectivity index (χ0) is 16.7. The summed E-state index contributed by atoms with van der Waals surface area (Å²) in [6.07, 6.45) is -1.75. The van der Waals surface area contributed by atoms with Gasteiger partial charge in [-0.3, -0.25) is 4.79 Å². The van der Waals surface area contributed by atoms with Crippen molar-refractivity contribution in [2.24, 2.45) is 0 Å². The topological polar surface area (TPSA) is 88.4 Å². The van der Waals surface area contributed by atoms with Crippen molar-refractivity contribution in [2.75, 3.05) is 0 Å². The van der Waals surface area contributed by atoms with Gasteiger partial charge in [0.15, 0.2) is 12.2 Å². The van der Waals surface area contributed by atoms with Crippen LogP contribution in [0.3, 0.4) is 0 Å². The number of benzene rings is 1. The van der Waals surface area contributed by atoms with Crippen LogP contribution >= 0.6 is 0 Å². The number of nitriles is 1. The predicted octanol–water partition coefficient (Wildman–Crippen LogP) is 1.78. The van der Waals surface area contributed by atoms with Gasteiger partial charge in [0.1, 0.15) is 5.75 Å². The summed E-state index contributed by atoms with van der Waals surface area (Å²) in [4.78, 5) is 23.6. The molecule has 6 heteroatoms. The van der Waals surface area contributed by atoms with Crippen molar-refractivity contribution in [3.63, 3.8) is 0 Å². The third-order valence-electron chi connectivity index (χ3n) is 2.72. The van der Waals surface area contributed by atoms with Crippen LogP contribution in [0.15, 0.2) is 24.3 Å². The molecule has 1 amide bonds. The quantitative estimate of drug-likeness (QED) is 0.809. The first-order valence-corrected chi connectivity index (χ1v) is 7.01. The van der Waals surface area contributed by atoms with Crippen molar-refractivity contribution in [1.82, 2.24) is 5.32 Å². The Hall–Kier alpha value is -2.55. The van der Waals surface area contributed by atoms with Crippen molar-refractivity contribution in [1.29, 1.82) is 5.26 Å². The molecule has 0 radical (unpaired) electrons. The van der Waals surface area contributed by atoms with E-state index in [2.05, 4.69) is 5.32 Å². The van der Waals surface area contributed by atoms with Gasteiger partial charge in [0.2, 0.25) is 0 Å². The second-order valence-corrected chi connectivity index (χ2v) is 5.14. The van der Waals surface area contributed by atoms with Crippen molar-refractivity contribution in [3.05, 3.63) is 29.8 Å². The van der Waals surface area contributed by atoms with Crippen LogP contribution in [0.1, 0.15) is 33.3 Å². The lowest BCUT2D eigenvalue weighted by atomic mass is 10.2. The number of nitrogens with zero attached hydrogens (tertiary/aromatic N) is 1. The molecule has 0 spiro atoms. The molecule has 0 aliphatic rings. The lowest BCUT2D eigenvalue weighted by molar-refractivity contribution is -0.161. The highest BCUT2D eigenvalue weighted by atomic mass is 16.6. The number of ether oxygens (including phenoxy) is 2. The first kappa shape index (κ1) is 17.5. The minimum atomic E-state index is -0.887. The Labute approximate surface area is 130 Å². The lowest BCUT2D eigenvalue weighted by Crippen LogP contribution is -2.41. The van der Waals surface area contributed by atoms with Crippen molar-refractivity contribution in [2.45, 2.75) is 45.9 Å². The van der Waals surface area contributed by atoms with Gasteiger partial charge >= 0.3 is 5.97 Å².